The number of hydrogen-bond donors (Lipinski definition) is 1. The van der Waals surface area contributed by atoms with Crippen molar-refractivity contribution in [3.8, 4) is 11.5 Å². The zero-order chi connectivity index (χ0) is 18.5. The number of carbonyl (C=O) groups is 1. The summed E-state index contributed by atoms with van der Waals surface area (Å²) in [4.78, 5) is 14.6. The van der Waals surface area contributed by atoms with Gasteiger partial charge < -0.3 is 24.3 Å². The first-order valence-electron chi connectivity index (χ1n) is 9.02. The van der Waals surface area contributed by atoms with Gasteiger partial charge in [-0.1, -0.05) is 0 Å². The summed E-state index contributed by atoms with van der Waals surface area (Å²) in [6.07, 6.45) is 6.13. The highest BCUT2D eigenvalue weighted by molar-refractivity contribution is 5.75. The van der Waals surface area contributed by atoms with E-state index in [1.807, 2.05) is 42.2 Å². The van der Waals surface area contributed by atoms with E-state index in [1.54, 1.807) is 14.2 Å². The van der Waals surface area contributed by atoms with E-state index >= 15 is 0 Å². The van der Waals surface area contributed by atoms with Crippen LogP contribution in [0.5, 0.6) is 11.5 Å². The molecule has 1 unspecified atom stereocenters. The number of likely N-dealkylation sites (tertiary alicyclic amines) is 1. The van der Waals surface area contributed by atoms with Crippen molar-refractivity contribution in [2.24, 2.45) is 0 Å². The van der Waals surface area contributed by atoms with Gasteiger partial charge in [0.2, 0.25) is 0 Å². The van der Waals surface area contributed by atoms with E-state index in [4.69, 9.17) is 9.47 Å². The Balaban J connectivity index is 1.60. The number of piperidine rings is 1. The van der Waals surface area contributed by atoms with Crippen molar-refractivity contribution in [2.75, 3.05) is 27.3 Å². The van der Waals surface area contributed by atoms with Gasteiger partial charge in [0.1, 0.15) is 11.5 Å². The molecular weight excluding hydrogens is 330 g/mol. The van der Waals surface area contributed by atoms with Crippen LogP contribution in [0.15, 0.2) is 42.7 Å². The highest BCUT2D eigenvalue weighted by atomic mass is 16.5. The molecule has 6 heteroatoms. The number of rotatable bonds is 5. The summed E-state index contributed by atoms with van der Waals surface area (Å²) in [5.74, 6) is 1.49. The first kappa shape index (κ1) is 18.2. The van der Waals surface area contributed by atoms with Gasteiger partial charge in [-0.15, -0.1) is 0 Å². The van der Waals surface area contributed by atoms with Crippen LogP contribution in [0.4, 0.5) is 4.79 Å². The summed E-state index contributed by atoms with van der Waals surface area (Å²) < 4.78 is 13.0. The van der Waals surface area contributed by atoms with Crippen molar-refractivity contribution in [3.05, 3.63) is 48.3 Å². The zero-order valence-electron chi connectivity index (χ0n) is 15.6. The molecule has 0 bridgehead atoms. The molecule has 2 aromatic rings. The molecule has 3 rings (SSSR count). The van der Waals surface area contributed by atoms with Crippen LogP contribution in [0, 0.1) is 0 Å². The van der Waals surface area contributed by atoms with Crippen LogP contribution in [0.1, 0.15) is 37.4 Å². The minimum Gasteiger partial charge on any atom is -0.497 e. The van der Waals surface area contributed by atoms with Gasteiger partial charge in [-0.3, -0.25) is 0 Å². The standard InChI is InChI=1S/C20H27N3O3/c1-15(18-14-17(25-2)6-7-19(18)26-3)21-20(24)23-12-8-16(9-13-23)22-10-4-5-11-22/h4-7,10-11,14-16H,8-9,12-13H2,1-3H3,(H,21,24). The predicted molar refractivity (Wildman–Crippen MR) is 101 cm³/mol. The largest absolute Gasteiger partial charge is 0.497 e. The maximum atomic E-state index is 12.7. The molecule has 140 valence electrons. The van der Waals surface area contributed by atoms with Crippen molar-refractivity contribution in [2.45, 2.75) is 31.8 Å². The average Bonchev–Trinajstić information content (AvgIpc) is 3.22. The second kappa shape index (κ2) is 8.17. The maximum Gasteiger partial charge on any atom is 0.317 e. The summed E-state index contributed by atoms with van der Waals surface area (Å²) in [6, 6.07) is 9.97. The van der Waals surface area contributed by atoms with Crippen LogP contribution < -0.4 is 14.8 Å². The number of benzene rings is 1. The fourth-order valence-corrected chi connectivity index (χ4v) is 3.49. The van der Waals surface area contributed by atoms with E-state index in [0.717, 1.165) is 43.0 Å². The van der Waals surface area contributed by atoms with E-state index in [9.17, 15) is 4.79 Å². The van der Waals surface area contributed by atoms with Gasteiger partial charge in [0.25, 0.3) is 0 Å². The summed E-state index contributed by atoms with van der Waals surface area (Å²) in [5, 5.41) is 3.09. The van der Waals surface area contributed by atoms with Crippen LogP contribution in [-0.2, 0) is 0 Å². The monoisotopic (exact) mass is 357 g/mol. The summed E-state index contributed by atoms with van der Waals surface area (Å²) in [5.41, 5.74) is 0.905. The van der Waals surface area contributed by atoms with Gasteiger partial charge in [-0.05, 0) is 50.1 Å². The molecule has 0 spiro atoms. The Kier molecular flexibility index (Phi) is 5.71. The Morgan fingerprint density at radius 3 is 2.46 bits per heavy atom. The molecule has 1 aromatic carbocycles. The molecule has 0 aliphatic carbocycles. The highest BCUT2D eigenvalue weighted by Gasteiger charge is 2.25. The molecule has 1 saturated heterocycles. The number of carbonyl (C=O) groups excluding carboxylic acids is 1. The molecule has 0 saturated carbocycles. The molecule has 2 amide bonds. The van der Waals surface area contributed by atoms with Crippen molar-refractivity contribution < 1.29 is 14.3 Å². The Labute approximate surface area is 154 Å². The average molecular weight is 357 g/mol. The van der Waals surface area contributed by atoms with Crippen molar-refractivity contribution in [3.63, 3.8) is 0 Å². The van der Waals surface area contributed by atoms with Crippen LogP contribution in [0.25, 0.3) is 0 Å². The number of hydrogen-bond acceptors (Lipinski definition) is 3. The number of nitrogens with zero attached hydrogens (tertiary/aromatic N) is 2. The molecule has 1 aliphatic rings. The lowest BCUT2D eigenvalue weighted by Crippen LogP contribution is -2.45. The SMILES string of the molecule is COc1ccc(OC)c(C(C)NC(=O)N2CCC(n3cccc3)CC2)c1. The Morgan fingerprint density at radius 2 is 1.85 bits per heavy atom. The molecule has 1 aliphatic heterocycles. The first-order chi connectivity index (χ1) is 12.6. The third-order valence-corrected chi connectivity index (χ3v) is 5.04. The lowest BCUT2D eigenvalue weighted by atomic mass is 10.0. The maximum absolute atomic E-state index is 12.7. The molecule has 0 radical (unpaired) electrons. The van der Waals surface area contributed by atoms with Crippen LogP contribution in [0.2, 0.25) is 0 Å². The van der Waals surface area contributed by atoms with Crippen molar-refractivity contribution >= 4 is 6.03 Å². The van der Waals surface area contributed by atoms with E-state index in [1.165, 1.54) is 0 Å². The molecule has 26 heavy (non-hydrogen) atoms. The van der Waals surface area contributed by atoms with Gasteiger partial charge in [-0.2, -0.15) is 0 Å². The molecule has 1 fully saturated rings. The molecule has 6 nitrogen and oxygen atoms in total. The molecule has 1 N–H and O–H groups in total. The number of nitrogens with one attached hydrogen (secondary N) is 1. The van der Waals surface area contributed by atoms with E-state index in [-0.39, 0.29) is 12.1 Å². The fourth-order valence-electron chi connectivity index (χ4n) is 3.49. The summed E-state index contributed by atoms with van der Waals surface area (Å²) in [7, 11) is 3.26. The third kappa shape index (κ3) is 3.95. The minimum atomic E-state index is -0.172. The molecular formula is C20H27N3O3. The lowest BCUT2D eigenvalue weighted by Gasteiger charge is -2.33. The van der Waals surface area contributed by atoms with Gasteiger partial charge in [-0.25, -0.2) is 4.79 Å². The smallest absolute Gasteiger partial charge is 0.317 e. The number of amides is 2. The van der Waals surface area contributed by atoms with Gasteiger partial charge >= 0.3 is 6.03 Å². The van der Waals surface area contributed by atoms with Crippen LogP contribution in [-0.4, -0.2) is 42.8 Å². The first-order valence-corrected chi connectivity index (χ1v) is 9.02. The molecule has 2 heterocycles. The normalized spacial score (nSPS) is 16.2. The topological polar surface area (TPSA) is 55.7 Å². The quantitative estimate of drug-likeness (QED) is 0.889. The summed E-state index contributed by atoms with van der Waals surface area (Å²) >= 11 is 0. The second-order valence-corrected chi connectivity index (χ2v) is 6.63. The number of ether oxygens (including phenoxy) is 2. The molecule has 1 aromatic heterocycles. The Morgan fingerprint density at radius 1 is 1.15 bits per heavy atom. The number of aromatic nitrogens is 1. The third-order valence-electron chi connectivity index (χ3n) is 5.04. The minimum absolute atomic E-state index is 0.0340. The highest BCUT2D eigenvalue weighted by Crippen LogP contribution is 2.29. The van der Waals surface area contributed by atoms with Crippen molar-refractivity contribution in [1.29, 1.82) is 0 Å². The Hall–Kier alpha value is -2.63. The number of urea groups is 1. The van der Waals surface area contributed by atoms with E-state index in [0.29, 0.717) is 6.04 Å². The molecule has 1 atom stereocenters. The summed E-state index contributed by atoms with van der Waals surface area (Å²) in [6.45, 7) is 3.48. The van der Waals surface area contributed by atoms with Gasteiger partial charge in [0, 0.05) is 37.1 Å². The predicted octanol–water partition coefficient (Wildman–Crippen LogP) is 3.61. The fraction of sp³-hybridized carbons (Fsp3) is 0.450. The lowest BCUT2D eigenvalue weighted by molar-refractivity contribution is 0.169. The van der Waals surface area contributed by atoms with E-state index < -0.39 is 0 Å². The van der Waals surface area contributed by atoms with Gasteiger partial charge in [0.15, 0.2) is 0 Å². The van der Waals surface area contributed by atoms with Crippen LogP contribution in [0.3, 0.4) is 0 Å². The van der Waals surface area contributed by atoms with Gasteiger partial charge in [0.05, 0.1) is 20.3 Å². The van der Waals surface area contributed by atoms with E-state index in [2.05, 4.69) is 22.3 Å². The zero-order valence-corrected chi connectivity index (χ0v) is 15.6. The van der Waals surface area contributed by atoms with Crippen LogP contribution >= 0.6 is 0 Å². The number of methoxy groups -OCH3 is 2. The second-order valence-electron chi connectivity index (χ2n) is 6.63. The Bertz CT molecular complexity index is 722. The van der Waals surface area contributed by atoms with Crippen molar-refractivity contribution in [1.82, 2.24) is 14.8 Å².